The minimum absolute atomic E-state index is 0.184. The topological polar surface area (TPSA) is 97.0 Å². The standard InChI is InChI=1S/C19H27N3O5S/c1-28(24,25)21-19(13-14-2-3-14)6-8-22(9-7-19)18(23)20-15-4-5-16-17(12-15)27-11-10-26-16/h4-5,12,14,21H,2-3,6-11,13H2,1H3,(H,20,23). The zero-order chi connectivity index (χ0) is 19.8. The summed E-state index contributed by atoms with van der Waals surface area (Å²) in [4.78, 5) is 14.4. The number of ether oxygens (including phenoxy) is 2. The summed E-state index contributed by atoms with van der Waals surface area (Å²) in [6, 6.07) is 5.16. The van der Waals surface area contributed by atoms with Crippen molar-refractivity contribution in [3.63, 3.8) is 0 Å². The van der Waals surface area contributed by atoms with Crippen LogP contribution in [0.1, 0.15) is 32.1 Å². The number of nitrogens with one attached hydrogen (secondary N) is 2. The number of carbonyl (C=O) groups excluding carboxylic acids is 1. The van der Waals surface area contributed by atoms with Gasteiger partial charge in [0, 0.05) is 30.4 Å². The van der Waals surface area contributed by atoms with Gasteiger partial charge in [-0.1, -0.05) is 12.8 Å². The molecule has 9 heteroatoms. The third-order valence-electron chi connectivity index (χ3n) is 5.58. The molecule has 1 saturated heterocycles. The quantitative estimate of drug-likeness (QED) is 0.777. The second-order valence-electron chi connectivity index (χ2n) is 8.08. The highest BCUT2D eigenvalue weighted by Gasteiger charge is 2.42. The molecule has 154 valence electrons. The van der Waals surface area contributed by atoms with Gasteiger partial charge in [-0.15, -0.1) is 0 Å². The van der Waals surface area contributed by atoms with E-state index in [2.05, 4.69) is 10.0 Å². The predicted octanol–water partition coefficient (Wildman–Crippen LogP) is 2.17. The molecule has 28 heavy (non-hydrogen) atoms. The molecule has 0 unspecified atom stereocenters. The van der Waals surface area contributed by atoms with Crippen LogP contribution in [0.2, 0.25) is 0 Å². The number of urea groups is 1. The molecule has 2 fully saturated rings. The van der Waals surface area contributed by atoms with E-state index in [1.165, 1.54) is 19.1 Å². The molecule has 8 nitrogen and oxygen atoms in total. The normalized spacial score (nSPS) is 21.2. The maximum Gasteiger partial charge on any atom is 0.321 e. The Bertz CT molecular complexity index is 845. The first kappa shape index (κ1) is 19.3. The van der Waals surface area contributed by atoms with Gasteiger partial charge in [-0.3, -0.25) is 0 Å². The molecule has 2 heterocycles. The van der Waals surface area contributed by atoms with Crippen LogP contribution in [0.4, 0.5) is 10.5 Å². The van der Waals surface area contributed by atoms with Crippen molar-refractivity contribution in [2.45, 2.75) is 37.6 Å². The third-order valence-corrected chi connectivity index (χ3v) is 6.38. The number of benzene rings is 1. The highest BCUT2D eigenvalue weighted by Crippen LogP contribution is 2.41. The van der Waals surface area contributed by atoms with Crippen molar-refractivity contribution in [3.05, 3.63) is 18.2 Å². The molecule has 1 aromatic carbocycles. The summed E-state index contributed by atoms with van der Waals surface area (Å²) in [6.45, 7) is 2.06. The summed E-state index contributed by atoms with van der Waals surface area (Å²) >= 11 is 0. The molecule has 2 amide bonds. The van der Waals surface area contributed by atoms with Crippen molar-refractivity contribution in [1.82, 2.24) is 9.62 Å². The Labute approximate surface area is 165 Å². The van der Waals surface area contributed by atoms with E-state index >= 15 is 0 Å². The molecule has 0 spiro atoms. The first-order chi connectivity index (χ1) is 13.3. The number of sulfonamides is 1. The van der Waals surface area contributed by atoms with E-state index in [1.807, 2.05) is 0 Å². The highest BCUT2D eigenvalue weighted by atomic mass is 32.2. The van der Waals surface area contributed by atoms with Gasteiger partial charge >= 0.3 is 6.03 Å². The van der Waals surface area contributed by atoms with Crippen molar-refractivity contribution in [2.24, 2.45) is 5.92 Å². The van der Waals surface area contributed by atoms with E-state index in [1.54, 1.807) is 23.1 Å². The number of nitrogens with zero attached hydrogens (tertiary/aromatic N) is 1. The van der Waals surface area contributed by atoms with Gasteiger partial charge < -0.3 is 19.7 Å². The Morgan fingerprint density at radius 1 is 1.18 bits per heavy atom. The molecule has 2 N–H and O–H groups in total. The van der Waals surface area contributed by atoms with Gasteiger partial charge in [-0.25, -0.2) is 17.9 Å². The van der Waals surface area contributed by atoms with Crippen LogP contribution >= 0.6 is 0 Å². The zero-order valence-corrected chi connectivity index (χ0v) is 16.9. The minimum Gasteiger partial charge on any atom is -0.486 e. The lowest BCUT2D eigenvalue weighted by Crippen LogP contribution is -2.56. The second-order valence-corrected chi connectivity index (χ2v) is 9.83. The molecule has 1 saturated carbocycles. The predicted molar refractivity (Wildman–Crippen MR) is 105 cm³/mol. The van der Waals surface area contributed by atoms with Gasteiger partial charge in [-0.2, -0.15) is 0 Å². The Kier molecular flexibility index (Phi) is 5.13. The second kappa shape index (κ2) is 7.44. The molecule has 1 aliphatic carbocycles. The summed E-state index contributed by atoms with van der Waals surface area (Å²) in [6.07, 6.45) is 5.67. The van der Waals surface area contributed by atoms with Crippen molar-refractivity contribution in [2.75, 3.05) is 37.9 Å². The SMILES string of the molecule is CS(=O)(=O)NC1(CC2CC2)CCN(C(=O)Nc2ccc3c(c2)OCCO3)CC1. The van der Waals surface area contributed by atoms with E-state index in [0.29, 0.717) is 62.2 Å². The number of hydrogen-bond acceptors (Lipinski definition) is 5. The monoisotopic (exact) mass is 409 g/mol. The summed E-state index contributed by atoms with van der Waals surface area (Å²) in [5.41, 5.74) is 0.223. The van der Waals surface area contributed by atoms with Gasteiger partial charge in [0.2, 0.25) is 10.0 Å². The number of anilines is 1. The van der Waals surface area contributed by atoms with E-state index in [0.717, 1.165) is 6.42 Å². The molecule has 0 aromatic heterocycles. The van der Waals surface area contributed by atoms with Crippen LogP contribution in [0.5, 0.6) is 11.5 Å². The molecule has 0 radical (unpaired) electrons. The number of likely N-dealkylation sites (tertiary alicyclic amines) is 1. The summed E-state index contributed by atoms with van der Waals surface area (Å²) in [7, 11) is -3.29. The molecule has 2 aliphatic heterocycles. The number of hydrogen-bond donors (Lipinski definition) is 2. The van der Waals surface area contributed by atoms with Crippen LogP contribution in [0.15, 0.2) is 18.2 Å². The Balaban J connectivity index is 1.37. The van der Waals surface area contributed by atoms with E-state index in [4.69, 9.17) is 9.47 Å². The van der Waals surface area contributed by atoms with Crippen molar-refractivity contribution in [1.29, 1.82) is 0 Å². The van der Waals surface area contributed by atoms with Crippen LogP contribution in [0.25, 0.3) is 0 Å². The van der Waals surface area contributed by atoms with E-state index in [9.17, 15) is 13.2 Å². The summed E-state index contributed by atoms with van der Waals surface area (Å²) < 4.78 is 37.6. The van der Waals surface area contributed by atoms with Crippen LogP contribution in [0, 0.1) is 5.92 Å². The van der Waals surface area contributed by atoms with Gasteiger partial charge in [-0.05, 0) is 37.3 Å². The summed E-state index contributed by atoms with van der Waals surface area (Å²) in [5, 5.41) is 2.90. The van der Waals surface area contributed by atoms with Crippen molar-refractivity contribution >= 4 is 21.7 Å². The van der Waals surface area contributed by atoms with Crippen molar-refractivity contribution in [3.8, 4) is 11.5 Å². The van der Waals surface area contributed by atoms with Gasteiger partial charge in [0.1, 0.15) is 13.2 Å². The molecule has 0 atom stereocenters. The van der Waals surface area contributed by atoms with Crippen LogP contribution in [-0.4, -0.2) is 57.4 Å². The maximum absolute atomic E-state index is 12.7. The Hall–Kier alpha value is -2.00. The maximum atomic E-state index is 12.7. The minimum atomic E-state index is -3.29. The van der Waals surface area contributed by atoms with Crippen LogP contribution < -0.4 is 19.5 Å². The van der Waals surface area contributed by atoms with Gasteiger partial charge in [0.25, 0.3) is 0 Å². The number of carbonyl (C=O) groups is 1. The first-order valence-electron chi connectivity index (χ1n) is 9.76. The van der Waals surface area contributed by atoms with Crippen LogP contribution in [0.3, 0.4) is 0 Å². The molecular weight excluding hydrogens is 382 g/mol. The Morgan fingerprint density at radius 3 is 2.50 bits per heavy atom. The van der Waals surface area contributed by atoms with Crippen molar-refractivity contribution < 1.29 is 22.7 Å². The summed E-state index contributed by atoms with van der Waals surface area (Å²) in [5.74, 6) is 1.91. The highest BCUT2D eigenvalue weighted by molar-refractivity contribution is 7.88. The molecule has 0 bridgehead atoms. The Morgan fingerprint density at radius 2 is 1.86 bits per heavy atom. The third kappa shape index (κ3) is 4.70. The lowest BCUT2D eigenvalue weighted by atomic mass is 9.84. The first-order valence-corrected chi connectivity index (χ1v) is 11.7. The fourth-order valence-corrected chi connectivity index (χ4v) is 5.15. The zero-order valence-electron chi connectivity index (χ0n) is 16.1. The van der Waals surface area contributed by atoms with Crippen LogP contribution in [-0.2, 0) is 10.0 Å². The average molecular weight is 410 g/mol. The molecule has 4 rings (SSSR count). The number of fused-ring (bicyclic) bond motifs is 1. The molecular formula is C19H27N3O5S. The fraction of sp³-hybridized carbons (Fsp3) is 0.632. The smallest absolute Gasteiger partial charge is 0.321 e. The molecule has 1 aromatic rings. The lowest BCUT2D eigenvalue weighted by molar-refractivity contribution is 0.154. The molecule has 3 aliphatic rings. The number of rotatable bonds is 5. The van der Waals surface area contributed by atoms with E-state index in [-0.39, 0.29) is 6.03 Å². The lowest BCUT2D eigenvalue weighted by Gasteiger charge is -2.42. The van der Waals surface area contributed by atoms with Gasteiger partial charge in [0.15, 0.2) is 11.5 Å². The number of amides is 2. The van der Waals surface area contributed by atoms with Gasteiger partial charge in [0.05, 0.1) is 6.26 Å². The number of piperidine rings is 1. The largest absolute Gasteiger partial charge is 0.486 e. The average Bonchev–Trinajstić information content (AvgIpc) is 3.44. The van der Waals surface area contributed by atoms with E-state index < -0.39 is 15.6 Å². The fourth-order valence-electron chi connectivity index (χ4n) is 4.08.